The zero-order valence-corrected chi connectivity index (χ0v) is 8.28. The lowest BCUT2D eigenvalue weighted by molar-refractivity contribution is 0.112. The molecule has 1 aromatic rings. The van der Waals surface area contributed by atoms with Gasteiger partial charge in [0.25, 0.3) is 0 Å². The third kappa shape index (κ3) is 2.37. The lowest BCUT2D eigenvalue weighted by Gasteiger charge is -2.08. The maximum atomic E-state index is 10.5. The van der Waals surface area contributed by atoms with E-state index in [4.69, 9.17) is 16.2 Å². The number of aldehydes is 1. The fraction of sp³-hybridized carbons (Fsp3) is 0.222. The number of benzene rings is 1. The molecule has 0 aromatic heterocycles. The lowest BCUT2D eigenvalue weighted by atomic mass is 10.1. The Bertz CT molecular complexity index is 313. The zero-order chi connectivity index (χ0) is 11.1. The maximum Gasteiger partial charge on any atom is 0.154 e. The van der Waals surface area contributed by atoms with Crippen molar-refractivity contribution in [2.45, 2.75) is 0 Å². The molecule has 0 saturated heterocycles. The van der Waals surface area contributed by atoms with E-state index in [-0.39, 0.29) is 0 Å². The molecule has 0 aliphatic carbocycles. The van der Waals surface area contributed by atoms with Gasteiger partial charge in [0.05, 0.1) is 24.0 Å². The number of carbonyl (C=O) groups is 1. The van der Waals surface area contributed by atoms with Crippen LogP contribution in [0.1, 0.15) is 10.4 Å². The highest BCUT2D eigenvalue weighted by Gasteiger charge is 2.07. The van der Waals surface area contributed by atoms with Crippen molar-refractivity contribution in [2.24, 2.45) is 5.73 Å². The molecule has 0 heterocycles. The van der Waals surface area contributed by atoms with E-state index in [0.717, 1.165) is 0 Å². The van der Waals surface area contributed by atoms with Gasteiger partial charge >= 0.3 is 0 Å². The van der Waals surface area contributed by atoms with Gasteiger partial charge in [-0.1, -0.05) is 0 Å². The van der Waals surface area contributed by atoms with Crippen molar-refractivity contribution in [2.75, 3.05) is 25.6 Å². The third-order valence-corrected chi connectivity index (χ3v) is 1.59. The average Bonchev–Trinajstić information content (AvgIpc) is 2.24. The van der Waals surface area contributed by atoms with Crippen LogP contribution in [0.2, 0.25) is 0 Å². The topological polar surface area (TPSA) is 104 Å². The smallest absolute Gasteiger partial charge is 0.154 e. The molecule has 0 atom stereocenters. The molecular weight excluding hydrogens is 182 g/mol. The summed E-state index contributed by atoms with van der Waals surface area (Å²) in [5, 5.41) is 0. The molecule has 0 saturated carbocycles. The van der Waals surface area contributed by atoms with Crippen LogP contribution in [0.5, 0.6) is 5.75 Å². The minimum atomic E-state index is 0.308. The fourth-order valence-electron chi connectivity index (χ4n) is 0.952. The number of nitrogens with two attached hydrogens (primary N) is 3. The summed E-state index contributed by atoms with van der Waals surface area (Å²) >= 11 is 0. The van der Waals surface area contributed by atoms with Crippen molar-refractivity contribution >= 4 is 17.7 Å². The Kier molecular flexibility index (Phi) is 5.09. The summed E-state index contributed by atoms with van der Waals surface area (Å²) in [6.07, 6.45) is 0.675. The molecule has 0 radical (unpaired) electrons. The van der Waals surface area contributed by atoms with Gasteiger partial charge in [0, 0.05) is 0 Å². The first-order valence-corrected chi connectivity index (χ1v) is 3.95. The molecule has 78 valence electrons. The second-order valence-corrected chi connectivity index (χ2v) is 2.31. The Labute approximate surface area is 82.8 Å². The summed E-state index contributed by atoms with van der Waals surface area (Å²) in [4.78, 5) is 10.5. The number of anilines is 2. The van der Waals surface area contributed by atoms with Gasteiger partial charge in [0.2, 0.25) is 0 Å². The second kappa shape index (κ2) is 5.82. The highest BCUT2D eigenvalue weighted by atomic mass is 16.5. The normalized spacial score (nSPS) is 8.50. The van der Waals surface area contributed by atoms with Gasteiger partial charge in [-0.3, -0.25) is 4.79 Å². The molecule has 0 unspecified atom stereocenters. The molecule has 0 aliphatic heterocycles. The largest absolute Gasteiger partial charge is 0.494 e. The number of rotatable bonds is 2. The molecule has 0 fully saturated rings. The average molecular weight is 197 g/mol. The Balaban J connectivity index is 0.000000791. The van der Waals surface area contributed by atoms with Gasteiger partial charge in [-0.2, -0.15) is 0 Å². The van der Waals surface area contributed by atoms with E-state index in [2.05, 4.69) is 5.73 Å². The summed E-state index contributed by atoms with van der Waals surface area (Å²) in [7, 11) is 2.94. The van der Waals surface area contributed by atoms with E-state index in [1.807, 2.05) is 0 Å². The third-order valence-electron chi connectivity index (χ3n) is 1.59. The van der Waals surface area contributed by atoms with Crippen LogP contribution in [0.15, 0.2) is 12.1 Å². The van der Waals surface area contributed by atoms with Crippen molar-refractivity contribution in [1.82, 2.24) is 0 Å². The number of carbonyl (C=O) groups excluding carboxylic acids is 1. The number of nitrogen functional groups attached to an aromatic ring is 2. The van der Waals surface area contributed by atoms with Crippen molar-refractivity contribution in [3.05, 3.63) is 17.7 Å². The lowest BCUT2D eigenvalue weighted by Crippen LogP contribution is -2.00. The standard InChI is InChI=1S/C8H10N2O2.CH5N/c1-12-8-5(4-11)2-3-6(9)7(8)10;1-2/h2-4H,9-10H2,1H3;2H2,1H3. The van der Waals surface area contributed by atoms with Gasteiger partial charge in [0.15, 0.2) is 12.0 Å². The van der Waals surface area contributed by atoms with Gasteiger partial charge in [0.1, 0.15) is 0 Å². The van der Waals surface area contributed by atoms with Gasteiger partial charge in [-0.15, -0.1) is 0 Å². The molecule has 6 N–H and O–H groups in total. The molecule has 1 rings (SSSR count). The molecule has 0 spiro atoms. The van der Waals surface area contributed by atoms with E-state index in [9.17, 15) is 4.79 Å². The minimum Gasteiger partial charge on any atom is -0.494 e. The number of methoxy groups -OCH3 is 1. The van der Waals surface area contributed by atoms with Gasteiger partial charge < -0.3 is 21.9 Å². The van der Waals surface area contributed by atoms with Crippen LogP contribution in [0, 0.1) is 0 Å². The first-order chi connectivity index (χ1) is 6.70. The van der Waals surface area contributed by atoms with E-state index in [1.54, 1.807) is 12.1 Å². The molecule has 0 aliphatic rings. The SMILES string of the molecule is CN.COc1c(C=O)ccc(N)c1N. The fourth-order valence-corrected chi connectivity index (χ4v) is 0.952. The van der Waals surface area contributed by atoms with Crippen molar-refractivity contribution in [3.8, 4) is 5.75 Å². The Hall–Kier alpha value is -1.75. The second-order valence-electron chi connectivity index (χ2n) is 2.31. The first kappa shape index (κ1) is 12.2. The van der Waals surface area contributed by atoms with Crippen LogP contribution in [0.3, 0.4) is 0 Å². The highest BCUT2D eigenvalue weighted by Crippen LogP contribution is 2.29. The summed E-state index contributed by atoms with van der Waals surface area (Å²) in [5.74, 6) is 0.338. The van der Waals surface area contributed by atoms with Crippen molar-refractivity contribution in [1.29, 1.82) is 0 Å². The monoisotopic (exact) mass is 197 g/mol. The van der Waals surface area contributed by atoms with Crippen molar-refractivity contribution in [3.63, 3.8) is 0 Å². The highest BCUT2D eigenvalue weighted by molar-refractivity contribution is 5.87. The predicted molar refractivity (Wildman–Crippen MR) is 57.3 cm³/mol. The maximum absolute atomic E-state index is 10.5. The first-order valence-electron chi connectivity index (χ1n) is 3.95. The minimum absolute atomic E-state index is 0.308. The molecule has 0 bridgehead atoms. The van der Waals surface area contributed by atoms with E-state index in [0.29, 0.717) is 29.0 Å². The molecular formula is C9H15N3O2. The molecule has 5 nitrogen and oxygen atoms in total. The predicted octanol–water partition coefficient (Wildman–Crippen LogP) is 0.247. The summed E-state index contributed by atoms with van der Waals surface area (Å²) in [6.45, 7) is 0. The number of hydrogen-bond donors (Lipinski definition) is 3. The van der Waals surface area contributed by atoms with Crippen LogP contribution in [0.25, 0.3) is 0 Å². The number of hydrogen-bond acceptors (Lipinski definition) is 5. The van der Waals surface area contributed by atoms with Crippen LogP contribution in [-0.2, 0) is 0 Å². The number of ether oxygens (including phenoxy) is 1. The molecule has 0 amide bonds. The Morgan fingerprint density at radius 3 is 2.29 bits per heavy atom. The summed E-state index contributed by atoms with van der Waals surface area (Å²) in [5.41, 5.74) is 16.7. The van der Waals surface area contributed by atoms with E-state index >= 15 is 0 Å². The van der Waals surface area contributed by atoms with Crippen LogP contribution in [-0.4, -0.2) is 20.4 Å². The van der Waals surface area contributed by atoms with Crippen LogP contribution in [0.4, 0.5) is 11.4 Å². The van der Waals surface area contributed by atoms with Gasteiger partial charge in [-0.05, 0) is 19.2 Å². The zero-order valence-electron chi connectivity index (χ0n) is 8.28. The van der Waals surface area contributed by atoms with E-state index < -0.39 is 0 Å². The van der Waals surface area contributed by atoms with Crippen molar-refractivity contribution < 1.29 is 9.53 Å². The van der Waals surface area contributed by atoms with Gasteiger partial charge in [-0.25, -0.2) is 0 Å². The molecule has 14 heavy (non-hydrogen) atoms. The Morgan fingerprint density at radius 2 is 1.86 bits per heavy atom. The van der Waals surface area contributed by atoms with Crippen LogP contribution < -0.4 is 21.9 Å². The Morgan fingerprint density at radius 1 is 1.29 bits per heavy atom. The molecule has 5 heteroatoms. The molecule has 1 aromatic carbocycles. The summed E-state index contributed by atoms with van der Waals surface area (Å²) in [6, 6.07) is 3.14. The van der Waals surface area contributed by atoms with E-state index in [1.165, 1.54) is 14.2 Å². The van der Waals surface area contributed by atoms with Crippen LogP contribution >= 0.6 is 0 Å². The summed E-state index contributed by atoms with van der Waals surface area (Å²) < 4.78 is 4.91. The quantitative estimate of drug-likeness (QED) is 0.465.